The van der Waals surface area contributed by atoms with Crippen LogP contribution in [0.3, 0.4) is 0 Å². The van der Waals surface area contributed by atoms with Crippen molar-refractivity contribution in [2.24, 2.45) is 0 Å². The van der Waals surface area contributed by atoms with Gasteiger partial charge < -0.3 is 14.6 Å². The monoisotopic (exact) mass is 495 g/mol. The second-order valence-corrected chi connectivity index (χ2v) is 8.11. The van der Waals surface area contributed by atoms with E-state index in [2.05, 4.69) is 0 Å². The van der Waals surface area contributed by atoms with E-state index in [1.165, 1.54) is 17.0 Å². The molecule has 0 radical (unpaired) electrons. The van der Waals surface area contributed by atoms with Crippen LogP contribution in [-0.4, -0.2) is 30.0 Å². The average molecular weight is 496 g/mol. The van der Waals surface area contributed by atoms with Crippen molar-refractivity contribution in [2.45, 2.75) is 19.9 Å². The van der Waals surface area contributed by atoms with Crippen LogP contribution < -0.4 is 14.4 Å². The Balaban J connectivity index is 1.93. The fourth-order valence-corrected chi connectivity index (χ4v) is 4.23. The lowest BCUT2D eigenvalue weighted by Crippen LogP contribution is -2.29. The lowest BCUT2D eigenvalue weighted by molar-refractivity contribution is -0.132. The van der Waals surface area contributed by atoms with Gasteiger partial charge in [0.15, 0.2) is 0 Å². The summed E-state index contributed by atoms with van der Waals surface area (Å²) in [4.78, 5) is 27.7. The standard InChI is InChI=1S/C27H23ClFNO5/c1-3-34-18-11-12-19(22(15-18)35-4-2)25(31)23-24(16-8-6-5-7-9-16)30(27(33)26(23)32)17-10-13-21(29)20(28)14-17/h5-15,24,31H,3-4H2,1-2H3/b25-23-. The number of carbonyl (C=O) groups is 2. The van der Waals surface area contributed by atoms with Crippen LogP contribution in [0.2, 0.25) is 5.02 Å². The lowest BCUT2D eigenvalue weighted by atomic mass is 9.95. The highest BCUT2D eigenvalue weighted by Gasteiger charge is 2.47. The van der Waals surface area contributed by atoms with Gasteiger partial charge in [0.25, 0.3) is 11.7 Å². The highest BCUT2D eigenvalue weighted by molar-refractivity contribution is 6.51. The maximum absolute atomic E-state index is 13.8. The number of ether oxygens (including phenoxy) is 2. The van der Waals surface area contributed by atoms with E-state index in [9.17, 15) is 19.1 Å². The minimum Gasteiger partial charge on any atom is -0.507 e. The van der Waals surface area contributed by atoms with Crippen molar-refractivity contribution in [2.75, 3.05) is 18.1 Å². The van der Waals surface area contributed by atoms with E-state index in [4.69, 9.17) is 21.1 Å². The molecule has 0 aliphatic carbocycles. The molecule has 1 aliphatic heterocycles. The van der Waals surface area contributed by atoms with E-state index in [0.29, 0.717) is 30.3 Å². The highest BCUT2D eigenvalue weighted by Crippen LogP contribution is 2.44. The minimum absolute atomic E-state index is 0.119. The number of anilines is 1. The Bertz CT molecular complexity index is 1310. The minimum atomic E-state index is -0.973. The van der Waals surface area contributed by atoms with Gasteiger partial charge in [-0.2, -0.15) is 0 Å². The second kappa shape index (κ2) is 10.2. The predicted molar refractivity (Wildman–Crippen MR) is 131 cm³/mol. The molecule has 8 heteroatoms. The zero-order valence-electron chi connectivity index (χ0n) is 19.1. The molecule has 1 atom stereocenters. The number of carbonyl (C=O) groups excluding carboxylic acids is 2. The fourth-order valence-electron chi connectivity index (χ4n) is 4.06. The number of nitrogens with zero attached hydrogens (tertiary/aromatic N) is 1. The Morgan fingerprint density at radius 1 is 1.00 bits per heavy atom. The van der Waals surface area contributed by atoms with Crippen LogP contribution in [0.15, 0.2) is 72.3 Å². The summed E-state index contributed by atoms with van der Waals surface area (Å²) in [7, 11) is 0. The summed E-state index contributed by atoms with van der Waals surface area (Å²) in [5, 5.41) is 11.2. The number of hydrogen-bond donors (Lipinski definition) is 1. The van der Waals surface area contributed by atoms with Gasteiger partial charge in [0, 0.05) is 11.8 Å². The first-order chi connectivity index (χ1) is 16.9. The first-order valence-corrected chi connectivity index (χ1v) is 11.5. The molecule has 1 heterocycles. The zero-order chi connectivity index (χ0) is 25.1. The van der Waals surface area contributed by atoms with Gasteiger partial charge in [-0.05, 0) is 49.7 Å². The van der Waals surface area contributed by atoms with Gasteiger partial charge in [-0.3, -0.25) is 14.5 Å². The zero-order valence-corrected chi connectivity index (χ0v) is 19.9. The van der Waals surface area contributed by atoms with Gasteiger partial charge >= 0.3 is 0 Å². The molecule has 1 aliphatic rings. The Morgan fingerprint density at radius 3 is 2.37 bits per heavy atom. The van der Waals surface area contributed by atoms with E-state index in [1.807, 2.05) is 6.92 Å². The summed E-state index contributed by atoms with van der Waals surface area (Å²) in [5.41, 5.74) is 0.929. The van der Waals surface area contributed by atoms with E-state index in [1.54, 1.807) is 55.5 Å². The number of benzene rings is 3. The summed E-state index contributed by atoms with van der Waals surface area (Å²) in [6.07, 6.45) is 0. The van der Waals surface area contributed by atoms with Gasteiger partial charge in [-0.25, -0.2) is 4.39 Å². The summed E-state index contributed by atoms with van der Waals surface area (Å²) < 4.78 is 25.1. The van der Waals surface area contributed by atoms with Crippen LogP contribution in [0.1, 0.15) is 31.0 Å². The number of halogens is 2. The van der Waals surface area contributed by atoms with Gasteiger partial charge in [-0.15, -0.1) is 0 Å². The van der Waals surface area contributed by atoms with Crippen molar-refractivity contribution in [3.63, 3.8) is 0 Å². The molecule has 180 valence electrons. The normalized spacial score (nSPS) is 17.0. The maximum atomic E-state index is 13.8. The number of amides is 1. The fraction of sp³-hybridized carbons (Fsp3) is 0.185. The third-order valence-corrected chi connectivity index (χ3v) is 5.85. The van der Waals surface area contributed by atoms with Gasteiger partial charge in [0.2, 0.25) is 0 Å². The summed E-state index contributed by atoms with van der Waals surface area (Å²) in [5.74, 6) is -1.95. The molecule has 0 aromatic heterocycles. The first kappa shape index (κ1) is 24.3. The molecule has 1 saturated heterocycles. The van der Waals surface area contributed by atoms with Crippen LogP contribution in [0.4, 0.5) is 10.1 Å². The van der Waals surface area contributed by atoms with Crippen LogP contribution in [0.5, 0.6) is 11.5 Å². The third kappa shape index (κ3) is 4.59. The van der Waals surface area contributed by atoms with Crippen LogP contribution >= 0.6 is 11.6 Å². The summed E-state index contributed by atoms with van der Waals surface area (Å²) in [6.45, 7) is 4.38. The van der Waals surface area contributed by atoms with Crippen LogP contribution in [0.25, 0.3) is 5.76 Å². The molecular weight excluding hydrogens is 473 g/mol. The van der Waals surface area contributed by atoms with Crippen molar-refractivity contribution < 1.29 is 28.6 Å². The molecule has 4 rings (SSSR count). The van der Waals surface area contributed by atoms with E-state index in [-0.39, 0.29) is 27.6 Å². The van der Waals surface area contributed by atoms with Crippen molar-refractivity contribution in [1.82, 2.24) is 0 Å². The third-order valence-electron chi connectivity index (χ3n) is 5.56. The number of aliphatic hydroxyl groups is 1. The SMILES string of the molecule is CCOc1ccc(/C(O)=C2/C(=O)C(=O)N(c3ccc(F)c(Cl)c3)C2c2ccccc2)c(OCC)c1. The number of ketones is 1. The predicted octanol–water partition coefficient (Wildman–Crippen LogP) is 5.90. The quantitative estimate of drug-likeness (QED) is 0.251. The highest BCUT2D eigenvalue weighted by atomic mass is 35.5. The molecule has 3 aromatic rings. The Hall–Kier alpha value is -3.84. The Morgan fingerprint density at radius 2 is 1.71 bits per heavy atom. The summed E-state index contributed by atoms with van der Waals surface area (Å²) >= 11 is 5.97. The second-order valence-electron chi connectivity index (χ2n) is 7.70. The number of rotatable bonds is 7. The van der Waals surface area contributed by atoms with Crippen molar-refractivity contribution in [3.05, 3.63) is 94.3 Å². The number of hydrogen-bond acceptors (Lipinski definition) is 5. The smallest absolute Gasteiger partial charge is 0.300 e. The Labute approximate surface area is 207 Å². The van der Waals surface area contributed by atoms with Crippen LogP contribution in [-0.2, 0) is 9.59 Å². The van der Waals surface area contributed by atoms with E-state index < -0.39 is 23.5 Å². The average Bonchev–Trinajstić information content (AvgIpc) is 3.12. The first-order valence-electron chi connectivity index (χ1n) is 11.1. The molecule has 35 heavy (non-hydrogen) atoms. The molecule has 0 spiro atoms. The summed E-state index contributed by atoms with van der Waals surface area (Å²) in [6, 6.07) is 16.4. The number of Topliss-reactive ketones (excluding diaryl/α,β-unsaturated/α-hetero) is 1. The van der Waals surface area contributed by atoms with Gasteiger partial charge in [-0.1, -0.05) is 41.9 Å². The molecule has 1 fully saturated rings. The van der Waals surface area contributed by atoms with E-state index in [0.717, 1.165) is 6.07 Å². The number of aliphatic hydroxyl groups excluding tert-OH is 1. The Kier molecular flexibility index (Phi) is 7.07. The van der Waals surface area contributed by atoms with Gasteiger partial charge in [0.05, 0.1) is 35.4 Å². The molecule has 6 nitrogen and oxygen atoms in total. The molecule has 0 saturated carbocycles. The van der Waals surface area contributed by atoms with E-state index >= 15 is 0 Å². The topological polar surface area (TPSA) is 76.1 Å². The molecule has 3 aromatic carbocycles. The van der Waals surface area contributed by atoms with Gasteiger partial charge in [0.1, 0.15) is 23.1 Å². The molecule has 1 N–H and O–H groups in total. The van der Waals surface area contributed by atoms with Crippen molar-refractivity contribution >= 4 is 34.7 Å². The van der Waals surface area contributed by atoms with Crippen LogP contribution in [0, 0.1) is 5.82 Å². The van der Waals surface area contributed by atoms with Crippen molar-refractivity contribution in [3.8, 4) is 11.5 Å². The van der Waals surface area contributed by atoms with Crippen molar-refractivity contribution in [1.29, 1.82) is 0 Å². The lowest BCUT2D eigenvalue weighted by Gasteiger charge is -2.25. The maximum Gasteiger partial charge on any atom is 0.300 e. The molecule has 1 amide bonds. The molecular formula is C27H23ClFNO5. The molecule has 1 unspecified atom stereocenters. The molecule has 0 bridgehead atoms. The largest absolute Gasteiger partial charge is 0.507 e.